The van der Waals surface area contributed by atoms with Gasteiger partial charge < -0.3 is 79.9 Å². The van der Waals surface area contributed by atoms with Crippen LogP contribution in [0.1, 0.15) is 38.5 Å². The van der Waals surface area contributed by atoms with Gasteiger partial charge in [-0.25, -0.2) is 53.4 Å². The highest BCUT2D eigenvalue weighted by molar-refractivity contribution is 7.44. The second-order valence-corrected chi connectivity index (χ2v) is 45.7. The fourth-order valence-electron chi connectivity index (χ4n) is 6.45. The Morgan fingerprint density at radius 2 is 0.631 bits per heavy atom. The van der Waals surface area contributed by atoms with Crippen LogP contribution in [-0.2, 0) is 75.8 Å². The third-order valence-corrected chi connectivity index (χ3v) is 19.5. The summed E-state index contributed by atoms with van der Waals surface area (Å²) in [6.45, 7) is 12.0. The molecule has 6 saturated heterocycles. The topological polar surface area (TPSA) is 250 Å². The lowest BCUT2D eigenvalue weighted by Gasteiger charge is -2.12. The number of hydrogen-bond acceptors (Lipinski definition) is 22. The molecule has 6 atom stereocenters. The van der Waals surface area contributed by atoms with Crippen molar-refractivity contribution in [2.45, 2.75) is 151 Å². The van der Waals surface area contributed by atoms with Crippen molar-refractivity contribution in [3.05, 3.63) is 0 Å². The van der Waals surface area contributed by atoms with Crippen molar-refractivity contribution in [2.75, 3.05) is 92.5 Å². The number of ether oxygens (including phenoxy) is 16. The molecule has 6 aliphatic rings. The summed E-state index contributed by atoms with van der Waals surface area (Å²) in [5, 5.41) is 0. The van der Waals surface area contributed by atoms with Crippen molar-refractivity contribution in [1.29, 1.82) is 0 Å². The SMILES string of the molecule is C[Si](C)(Cl)CCCOCC1COC(=O)O1.C[Si](C)(F)CCCOCC1COC(=O)O1.C[Si](Cl)(Cl)CCC1COC(=O)O1.C[Si](F)(F)CCCOCC1COC(=O)O1.O=C1OCC(CC[Si](F)(F)F)O1.O=C1OCC(COCCC[Si](F)(F)F)O1. The monoisotopic (exact) mass is 1400 g/mol. The van der Waals surface area contributed by atoms with Gasteiger partial charge in [-0.2, -0.15) is 11.1 Å². The van der Waals surface area contributed by atoms with E-state index in [-0.39, 0.29) is 90.1 Å². The lowest BCUT2D eigenvalue weighted by atomic mass is 10.3. The van der Waals surface area contributed by atoms with Crippen LogP contribution in [0.25, 0.3) is 0 Å². The average Bonchev–Trinajstić information content (AvgIpc) is 4.32. The second-order valence-electron chi connectivity index (χ2n) is 20.4. The first-order valence-electron chi connectivity index (χ1n) is 26.4. The smallest absolute Gasteiger partial charge is 0.430 e. The van der Waals surface area contributed by atoms with E-state index in [1.54, 1.807) is 13.1 Å². The Morgan fingerprint density at radius 1 is 0.369 bits per heavy atom. The fourth-order valence-corrected chi connectivity index (χ4v) is 12.3. The van der Waals surface area contributed by atoms with Crippen LogP contribution in [0.5, 0.6) is 0 Å². The quantitative estimate of drug-likeness (QED) is 0.0162. The van der Waals surface area contributed by atoms with Gasteiger partial charge in [0.25, 0.3) is 0 Å². The van der Waals surface area contributed by atoms with Crippen LogP contribution in [-0.4, -0.2) is 215 Å². The molecule has 6 rings (SSSR count). The molecule has 0 aromatic rings. The van der Waals surface area contributed by atoms with Crippen molar-refractivity contribution in [2.24, 2.45) is 0 Å². The summed E-state index contributed by atoms with van der Waals surface area (Å²) in [6, 6.07) is 0.761. The van der Waals surface area contributed by atoms with Gasteiger partial charge in [-0.1, -0.05) is 13.1 Å². The first-order chi connectivity index (χ1) is 38.8. The Morgan fingerprint density at radius 3 is 0.869 bits per heavy atom. The molecule has 0 aromatic carbocycles. The van der Waals surface area contributed by atoms with Gasteiger partial charge in [0.2, 0.25) is 15.1 Å². The van der Waals surface area contributed by atoms with Gasteiger partial charge in [-0.05, 0) is 82.8 Å². The number of hydrogen-bond donors (Lipinski definition) is 0. The summed E-state index contributed by atoms with van der Waals surface area (Å²) in [6.07, 6.45) is -3.89. The minimum Gasteiger partial charge on any atom is -0.430 e. The molecule has 6 aliphatic heterocycles. The van der Waals surface area contributed by atoms with Gasteiger partial charge in [-0.15, -0.1) is 22.2 Å². The van der Waals surface area contributed by atoms with Crippen LogP contribution in [0.3, 0.4) is 0 Å². The van der Waals surface area contributed by atoms with Gasteiger partial charge in [-0.3, -0.25) is 8.22 Å². The summed E-state index contributed by atoms with van der Waals surface area (Å²) < 4.78 is 185. The molecule has 0 amide bonds. The Hall–Kier alpha value is -3.00. The molecule has 492 valence electrons. The molecule has 22 nitrogen and oxygen atoms in total. The highest BCUT2D eigenvalue weighted by Crippen LogP contribution is 2.26. The minimum absolute atomic E-state index is 0.0283. The van der Waals surface area contributed by atoms with Crippen LogP contribution in [0.15, 0.2) is 0 Å². The van der Waals surface area contributed by atoms with E-state index in [9.17, 15) is 65.7 Å². The standard InChI is InChI=1S/C9H17ClO4Si.C9H17FO4Si.C8H14F2O4Si.C7H11F3O4Si.C6H10Cl2O3Si.C5H7F3O3Si/c2*1-15(2,10)5-3-4-12-6-8-7-13-9(11)14-8;1-15(9,10)4-2-3-12-5-7-6-13-8(11)14-7;8-15(9,10)3-1-2-12-4-6-5-13-7(11)14-6;1-12(7,8)3-2-5-4-10-6(9)11-5;6-12(7,8)2-1-4-3-10-5(9)11-4/h2*8H,3-7H2,1-2H3;7H,2-6H2,1H3;6H,1-5H2;5H,2-4H2,1H3;4H,1-3H2. The zero-order chi connectivity index (χ0) is 63.6. The van der Waals surface area contributed by atoms with E-state index >= 15 is 0 Å². The summed E-state index contributed by atoms with van der Waals surface area (Å²) in [5.41, 5.74) is 0. The lowest BCUT2D eigenvalue weighted by molar-refractivity contribution is 0.0457. The second kappa shape index (κ2) is 40.5. The van der Waals surface area contributed by atoms with Crippen LogP contribution >= 0.6 is 33.2 Å². The van der Waals surface area contributed by atoms with Gasteiger partial charge in [0.05, 0.1) is 26.4 Å². The number of carbonyl (C=O) groups is 6. The normalized spacial score (nSPS) is 21.9. The molecule has 0 N–H and O–H groups in total. The summed E-state index contributed by atoms with van der Waals surface area (Å²) in [7, 11) is -18.8. The third-order valence-electron chi connectivity index (χ3n) is 10.5. The number of cyclic esters (lactones) is 12. The Balaban J connectivity index is 0.000000505. The maximum atomic E-state index is 13.2. The van der Waals surface area contributed by atoms with E-state index in [0.29, 0.717) is 58.5 Å². The summed E-state index contributed by atoms with van der Waals surface area (Å²) >= 11 is 17.9. The average molecular weight is 1400 g/mol. The van der Waals surface area contributed by atoms with E-state index in [2.05, 4.69) is 55.7 Å². The van der Waals surface area contributed by atoms with Crippen molar-refractivity contribution in [3.8, 4) is 0 Å². The molecule has 0 saturated carbocycles. The highest BCUT2D eigenvalue weighted by atomic mass is 35.7. The van der Waals surface area contributed by atoms with Crippen molar-refractivity contribution >= 4 is 120 Å². The van der Waals surface area contributed by atoms with Gasteiger partial charge in [0.1, 0.15) is 51.8 Å². The maximum absolute atomic E-state index is 13.2. The lowest BCUT2D eigenvalue weighted by Crippen LogP contribution is -2.20. The summed E-state index contributed by atoms with van der Waals surface area (Å²) in [4.78, 5) is 62.7. The molecule has 6 unspecified atom stereocenters. The molecule has 6 fully saturated rings. The van der Waals surface area contributed by atoms with E-state index in [0.717, 1.165) is 31.5 Å². The Kier molecular flexibility index (Phi) is 38.1. The third kappa shape index (κ3) is 49.0. The molecular formula is C44H76Cl3F9O22Si6. The highest BCUT2D eigenvalue weighted by Gasteiger charge is 2.39. The molecule has 6 heterocycles. The van der Waals surface area contributed by atoms with Crippen molar-refractivity contribution in [1.82, 2.24) is 0 Å². The zero-order valence-corrected chi connectivity index (χ0v) is 55.6. The van der Waals surface area contributed by atoms with E-state index in [4.69, 9.17) is 66.4 Å². The van der Waals surface area contributed by atoms with Crippen molar-refractivity contribution < 1.29 is 142 Å². The number of carbonyl (C=O) groups excluding carboxylic acids is 6. The van der Waals surface area contributed by atoms with E-state index in [1.165, 1.54) is 0 Å². The molecule has 0 radical (unpaired) electrons. The van der Waals surface area contributed by atoms with Gasteiger partial charge in [0, 0.05) is 44.6 Å². The molecule has 0 spiro atoms. The van der Waals surface area contributed by atoms with Crippen LogP contribution in [0.4, 0.5) is 65.7 Å². The number of halogens is 12. The van der Waals surface area contributed by atoms with Gasteiger partial charge >= 0.3 is 63.8 Å². The molecular weight excluding hydrogens is 1330 g/mol. The Bertz CT molecular complexity index is 1700. The predicted molar refractivity (Wildman–Crippen MR) is 294 cm³/mol. The number of rotatable bonds is 30. The van der Waals surface area contributed by atoms with Crippen LogP contribution in [0, 0.1) is 0 Å². The minimum atomic E-state index is -5.49. The van der Waals surface area contributed by atoms with Crippen LogP contribution in [0.2, 0.25) is 75.5 Å². The molecule has 84 heavy (non-hydrogen) atoms. The van der Waals surface area contributed by atoms with E-state index < -0.39 is 117 Å². The van der Waals surface area contributed by atoms with Gasteiger partial charge in [0.15, 0.2) is 31.8 Å². The molecule has 40 heteroatoms. The van der Waals surface area contributed by atoms with Crippen LogP contribution < -0.4 is 0 Å². The first-order valence-corrected chi connectivity index (χ1v) is 44.6. The molecule has 0 aromatic heterocycles. The first kappa shape index (κ1) is 79.0. The Labute approximate surface area is 502 Å². The van der Waals surface area contributed by atoms with E-state index in [1.807, 2.05) is 6.55 Å². The maximum Gasteiger partial charge on any atom is 0.616 e. The summed E-state index contributed by atoms with van der Waals surface area (Å²) in [5.74, 6) is 0. The molecule has 0 aliphatic carbocycles. The fraction of sp³-hybridized carbons (Fsp3) is 0.864. The molecule has 0 bridgehead atoms. The van der Waals surface area contributed by atoms with Crippen molar-refractivity contribution in [3.63, 3.8) is 0 Å². The largest absolute Gasteiger partial charge is 0.616 e. The predicted octanol–water partition coefficient (Wildman–Crippen LogP) is 12.4. The zero-order valence-electron chi connectivity index (χ0n) is 47.4.